The molecule has 1 aromatic heterocycles. The summed E-state index contributed by atoms with van der Waals surface area (Å²) in [6.45, 7) is 8.15. The quantitative estimate of drug-likeness (QED) is 0.753. The molecule has 1 saturated carbocycles. The summed E-state index contributed by atoms with van der Waals surface area (Å²) in [5, 5.41) is 3.41. The third-order valence-corrected chi connectivity index (χ3v) is 6.18. The highest BCUT2D eigenvalue weighted by Crippen LogP contribution is 2.39. The van der Waals surface area contributed by atoms with Gasteiger partial charge in [-0.2, -0.15) is 0 Å². The number of hydrogen-bond donors (Lipinski definition) is 1. The fraction of sp³-hybridized carbons (Fsp3) is 0.632. The van der Waals surface area contributed by atoms with Gasteiger partial charge in [-0.3, -0.25) is 10.1 Å². The number of nitrogens with zero attached hydrogens (tertiary/aromatic N) is 2. The Labute approximate surface area is 163 Å². The zero-order valence-electron chi connectivity index (χ0n) is 16.2. The molecular formula is C19H27N3O4S. The highest BCUT2D eigenvalue weighted by atomic mass is 32.1. The molecule has 1 aliphatic carbocycles. The molecule has 0 aromatic carbocycles. The molecule has 1 N–H and O–H groups in total. The van der Waals surface area contributed by atoms with Gasteiger partial charge in [-0.15, -0.1) is 11.3 Å². The number of carbonyl (C=O) groups is 3. The van der Waals surface area contributed by atoms with E-state index in [2.05, 4.69) is 5.32 Å². The van der Waals surface area contributed by atoms with Crippen molar-refractivity contribution in [1.29, 1.82) is 0 Å². The maximum Gasteiger partial charge on any atom is 0.341 e. The number of rotatable bonds is 6. The predicted molar refractivity (Wildman–Crippen MR) is 104 cm³/mol. The fourth-order valence-electron chi connectivity index (χ4n) is 3.37. The Bertz CT molecular complexity index is 738. The van der Waals surface area contributed by atoms with Crippen LogP contribution in [0.5, 0.6) is 0 Å². The molecule has 2 aliphatic rings. The monoisotopic (exact) mass is 393 g/mol. The second kappa shape index (κ2) is 8.29. The lowest BCUT2D eigenvalue weighted by atomic mass is 10.0. The van der Waals surface area contributed by atoms with Crippen LogP contribution < -0.4 is 5.32 Å². The average molecular weight is 394 g/mol. The molecule has 1 aliphatic heterocycles. The molecule has 1 aromatic rings. The van der Waals surface area contributed by atoms with E-state index >= 15 is 0 Å². The molecular weight excluding hydrogens is 366 g/mol. The van der Waals surface area contributed by atoms with Crippen molar-refractivity contribution in [1.82, 2.24) is 9.80 Å². The molecule has 7 nitrogen and oxygen atoms in total. The highest BCUT2D eigenvalue weighted by molar-refractivity contribution is 7.17. The number of ether oxygens (including phenoxy) is 1. The van der Waals surface area contributed by atoms with Gasteiger partial charge in [0, 0.05) is 30.4 Å². The fourth-order valence-corrected chi connectivity index (χ4v) is 4.62. The molecule has 3 amide bonds. The molecule has 3 rings (SSSR count). The molecule has 2 heterocycles. The van der Waals surface area contributed by atoms with Gasteiger partial charge in [0.05, 0.1) is 18.7 Å². The Kier molecular flexibility index (Phi) is 6.04. The van der Waals surface area contributed by atoms with Crippen LogP contribution in [0.25, 0.3) is 0 Å². The third-order valence-electron chi connectivity index (χ3n) is 5.05. The standard InChI is InChI=1S/C19H27N3O4S/c1-4-21(5-2)19(25)20-16-15(18(24)26-6-3)13-9-10-22(11-14(13)27-16)17(23)12-7-8-12/h12H,4-11H2,1-3H3,(H,20,25). The van der Waals surface area contributed by atoms with Crippen molar-refractivity contribution in [3.8, 4) is 0 Å². The largest absolute Gasteiger partial charge is 0.462 e. The van der Waals surface area contributed by atoms with Crippen LogP contribution in [0.2, 0.25) is 0 Å². The maximum absolute atomic E-state index is 12.6. The lowest BCUT2D eigenvalue weighted by molar-refractivity contribution is -0.133. The van der Waals surface area contributed by atoms with Gasteiger partial charge in [-0.05, 0) is 45.6 Å². The summed E-state index contributed by atoms with van der Waals surface area (Å²) < 4.78 is 5.23. The van der Waals surface area contributed by atoms with Crippen LogP contribution >= 0.6 is 11.3 Å². The summed E-state index contributed by atoms with van der Waals surface area (Å²) in [5.41, 5.74) is 1.36. The first kappa shape index (κ1) is 19.7. The minimum atomic E-state index is -0.410. The molecule has 8 heteroatoms. The zero-order valence-corrected chi connectivity index (χ0v) is 17.0. The minimum absolute atomic E-state index is 0.179. The summed E-state index contributed by atoms with van der Waals surface area (Å²) in [7, 11) is 0. The Hall–Kier alpha value is -2.09. The first-order valence-corrected chi connectivity index (χ1v) is 10.5. The van der Waals surface area contributed by atoms with Crippen molar-refractivity contribution >= 4 is 34.2 Å². The van der Waals surface area contributed by atoms with Crippen LogP contribution in [0.1, 0.15) is 54.4 Å². The van der Waals surface area contributed by atoms with Crippen molar-refractivity contribution in [2.45, 2.75) is 46.6 Å². The summed E-state index contributed by atoms with van der Waals surface area (Å²) in [5.74, 6) is -0.0230. The number of anilines is 1. The Morgan fingerprint density at radius 3 is 2.52 bits per heavy atom. The van der Waals surface area contributed by atoms with Crippen molar-refractivity contribution < 1.29 is 19.1 Å². The van der Waals surface area contributed by atoms with Gasteiger partial charge in [0.25, 0.3) is 0 Å². The summed E-state index contributed by atoms with van der Waals surface area (Å²) in [6, 6.07) is -0.227. The summed E-state index contributed by atoms with van der Waals surface area (Å²) in [6.07, 6.45) is 2.57. The van der Waals surface area contributed by atoms with E-state index in [0.29, 0.717) is 43.2 Å². The lowest BCUT2D eigenvalue weighted by Gasteiger charge is -2.27. The van der Waals surface area contributed by atoms with E-state index in [0.717, 1.165) is 23.3 Å². The molecule has 0 unspecified atom stereocenters. The second-order valence-corrected chi connectivity index (χ2v) is 7.92. The number of thiophene rings is 1. The van der Waals surface area contributed by atoms with E-state index in [-0.39, 0.29) is 24.5 Å². The third kappa shape index (κ3) is 4.10. The number of esters is 1. The van der Waals surface area contributed by atoms with E-state index in [1.165, 1.54) is 11.3 Å². The number of nitrogens with one attached hydrogen (secondary N) is 1. The van der Waals surface area contributed by atoms with Gasteiger partial charge >= 0.3 is 12.0 Å². The van der Waals surface area contributed by atoms with Gasteiger partial charge in [0.2, 0.25) is 5.91 Å². The van der Waals surface area contributed by atoms with Crippen LogP contribution in [0.15, 0.2) is 0 Å². The van der Waals surface area contributed by atoms with Gasteiger partial charge < -0.3 is 14.5 Å². The van der Waals surface area contributed by atoms with Crippen LogP contribution in [-0.4, -0.2) is 53.9 Å². The topological polar surface area (TPSA) is 79.0 Å². The SMILES string of the molecule is CCOC(=O)c1c(NC(=O)N(CC)CC)sc2c1CCN(C(=O)C1CC1)C2. The molecule has 1 fully saturated rings. The Morgan fingerprint density at radius 2 is 1.93 bits per heavy atom. The number of urea groups is 1. The van der Waals surface area contributed by atoms with Gasteiger partial charge in [0.1, 0.15) is 5.00 Å². The van der Waals surface area contributed by atoms with E-state index in [9.17, 15) is 14.4 Å². The van der Waals surface area contributed by atoms with E-state index in [1.54, 1.807) is 11.8 Å². The van der Waals surface area contributed by atoms with Crippen LogP contribution in [0, 0.1) is 5.92 Å². The number of carbonyl (C=O) groups excluding carboxylic acids is 3. The molecule has 0 atom stereocenters. The van der Waals surface area contributed by atoms with Crippen molar-refractivity contribution in [2.24, 2.45) is 5.92 Å². The second-order valence-electron chi connectivity index (χ2n) is 6.81. The minimum Gasteiger partial charge on any atom is -0.462 e. The van der Waals surface area contributed by atoms with Gasteiger partial charge in [0.15, 0.2) is 0 Å². The van der Waals surface area contributed by atoms with E-state index in [4.69, 9.17) is 4.74 Å². The molecule has 27 heavy (non-hydrogen) atoms. The first-order valence-electron chi connectivity index (χ1n) is 9.66. The molecule has 0 spiro atoms. The first-order chi connectivity index (χ1) is 13.0. The normalized spacial score (nSPS) is 15.9. The summed E-state index contributed by atoms with van der Waals surface area (Å²) in [4.78, 5) is 42.0. The van der Waals surface area contributed by atoms with E-state index < -0.39 is 5.97 Å². The van der Waals surface area contributed by atoms with Crippen LogP contribution in [0.4, 0.5) is 9.80 Å². The van der Waals surface area contributed by atoms with Crippen LogP contribution in [0.3, 0.4) is 0 Å². The lowest BCUT2D eigenvalue weighted by Crippen LogP contribution is -2.36. The highest BCUT2D eigenvalue weighted by Gasteiger charge is 2.37. The van der Waals surface area contributed by atoms with Crippen LogP contribution in [-0.2, 0) is 22.5 Å². The Balaban J connectivity index is 1.87. The number of fused-ring (bicyclic) bond motifs is 1. The van der Waals surface area contributed by atoms with E-state index in [1.807, 2.05) is 18.7 Å². The van der Waals surface area contributed by atoms with Crippen molar-refractivity contribution in [2.75, 3.05) is 31.6 Å². The molecule has 148 valence electrons. The smallest absolute Gasteiger partial charge is 0.341 e. The molecule has 0 saturated heterocycles. The number of amides is 3. The van der Waals surface area contributed by atoms with Gasteiger partial charge in [-0.25, -0.2) is 9.59 Å². The predicted octanol–water partition coefficient (Wildman–Crippen LogP) is 3.09. The van der Waals surface area contributed by atoms with Crippen molar-refractivity contribution in [3.63, 3.8) is 0 Å². The zero-order chi connectivity index (χ0) is 19.6. The maximum atomic E-state index is 12.6. The molecule has 0 bridgehead atoms. The number of hydrogen-bond acceptors (Lipinski definition) is 5. The molecule has 0 radical (unpaired) electrons. The summed E-state index contributed by atoms with van der Waals surface area (Å²) >= 11 is 1.38. The Morgan fingerprint density at radius 1 is 1.22 bits per heavy atom. The van der Waals surface area contributed by atoms with Gasteiger partial charge in [-0.1, -0.05) is 0 Å². The van der Waals surface area contributed by atoms with Crippen molar-refractivity contribution in [3.05, 3.63) is 16.0 Å². The average Bonchev–Trinajstić information content (AvgIpc) is 3.43.